The zero-order valence-corrected chi connectivity index (χ0v) is 42.4. The highest BCUT2D eigenvalue weighted by Crippen LogP contribution is 2.53. The molecule has 0 N–H and O–H groups in total. The zero-order valence-electron chi connectivity index (χ0n) is 41.5. The number of rotatable bonds is 7. The van der Waals surface area contributed by atoms with Crippen molar-refractivity contribution in [1.29, 1.82) is 0 Å². The van der Waals surface area contributed by atoms with Crippen molar-refractivity contribution in [2.24, 2.45) is 0 Å². The van der Waals surface area contributed by atoms with E-state index in [4.69, 9.17) is 0 Å². The highest BCUT2D eigenvalue weighted by Gasteiger charge is 2.31. The van der Waals surface area contributed by atoms with Crippen molar-refractivity contribution in [2.75, 3.05) is 13.3 Å². The average Bonchev–Trinajstić information content (AvgIpc) is 3.69. The third-order valence-electron chi connectivity index (χ3n) is 10.5. The molecule has 0 spiro atoms. The molecule has 342 valence electrons. The minimum atomic E-state index is -1.70. The summed E-state index contributed by atoms with van der Waals surface area (Å²) < 4.78 is 26.7. The van der Waals surface area contributed by atoms with Crippen LogP contribution in [0.3, 0.4) is 0 Å². The Morgan fingerprint density at radius 1 is 0.656 bits per heavy atom. The van der Waals surface area contributed by atoms with E-state index >= 15 is 4.39 Å². The third kappa shape index (κ3) is 14.9. The Labute approximate surface area is 389 Å². The van der Waals surface area contributed by atoms with Crippen molar-refractivity contribution in [3.63, 3.8) is 0 Å². The first-order valence-corrected chi connectivity index (χ1v) is 26.0. The van der Waals surface area contributed by atoms with E-state index in [1.165, 1.54) is 60.9 Å². The molecule has 0 bridgehead atoms. The molecule has 1 unspecified atom stereocenters. The average molecular weight is 881 g/mol. The summed E-state index contributed by atoms with van der Waals surface area (Å²) in [5, 5.41) is 5.09. The van der Waals surface area contributed by atoms with Gasteiger partial charge in [0, 0.05) is 12.0 Å². The maximum absolute atomic E-state index is 15.6. The molecule has 0 amide bonds. The van der Waals surface area contributed by atoms with Crippen LogP contribution in [0.15, 0.2) is 193 Å². The molecule has 4 aromatic carbocycles. The second-order valence-electron chi connectivity index (χ2n) is 14.3. The van der Waals surface area contributed by atoms with E-state index in [0.29, 0.717) is 6.42 Å². The van der Waals surface area contributed by atoms with Gasteiger partial charge < -0.3 is 0 Å². The Balaban J connectivity index is 0.000000876. The SMILES string of the molecule is C/C=C\C=C/CF.C=C/C=C\C.C=C1/C=C\CCC/C(C2=C(F)CCC=C2)=C2\C(=C/1C)c1ccc(-c3ccc(P(=C)(C)c4ccccc4)cc3)c3cccc2c13.CC.CC.CC.CC. The molecule has 0 saturated carbocycles. The Hall–Kier alpha value is -5.30. The van der Waals surface area contributed by atoms with Crippen LogP contribution in [-0.4, -0.2) is 19.6 Å². The second-order valence-corrected chi connectivity index (χ2v) is 17.7. The van der Waals surface area contributed by atoms with Crippen molar-refractivity contribution in [3.05, 3.63) is 204 Å². The van der Waals surface area contributed by atoms with Crippen LogP contribution in [0.2, 0.25) is 0 Å². The molecule has 3 aliphatic rings. The topological polar surface area (TPSA) is 0 Å². The van der Waals surface area contributed by atoms with Crippen LogP contribution >= 0.6 is 6.89 Å². The fourth-order valence-corrected chi connectivity index (χ4v) is 9.44. The molecule has 4 aromatic rings. The van der Waals surface area contributed by atoms with Gasteiger partial charge in [0.15, 0.2) is 0 Å². The predicted octanol–water partition coefficient (Wildman–Crippen LogP) is 18.9. The molecule has 0 nitrogen and oxygen atoms in total. The van der Waals surface area contributed by atoms with Gasteiger partial charge in [0.25, 0.3) is 0 Å². The van der Waals surface area contributed by atoms with Crippen molar-refractivity contribution in [2.45, 2.75) is 108 Å². The molecule has 64 heavy (non-hydrogen) atoms. The molecule has 0 heterocycles. The van der Waals surface area contributed by atoms with E-state index in [9.17, 15) is 4.39 Å². The lowest BCUT2D eigenvalue weighted by Crippen LogP contribution is -2.14. The number of alkyl halides is 1. The van der Waals surface area contributed by atoms with E-state index < -0.39 is 6.89 Å². The Morgan fingerprint density at radius 2 is 1.25 bits per heavy atom. The lowest BCUT2D eigenvalue weighted by Gasteiger charge is -2.21. The summed E-state index contributed by atoms with van der Waals surface area (Å²) in [7, 11) is 0. The van der Waals surface area contributed by atoms with Crippen LogP contribution < -0.4 is 10.6 Å². The molecule has 1 atom stereocenters. The normalized spacial score (nSPS) is 17.6. The van der Waals surface area contributed by atoms with Crippen LogP contribution in [-0.2, 0) is 0 Å². The number of allylic oxidation sites excluding steroid dienone is 18. The van der Waals surface area contributed by atoms with E-state index in [0.717, 1.165) is 48.0 Å². The van der Waals surface area contributed by atoms with Crippen molar-refractivity contribution < 1.29 is 8.78 Å². The quantitative estimate of drug-likeness (QED) is 0.128. The Kier molecular flexibility index (Phi) is 27.9. The number of fused-ring (bicyclic) bond motifs is 3. The first-order valence-electron chi connectivity index (χ1n) is 23.6. The van der Waals surface area contributed by atoms with Crippen LogP contribution in [0.4, 0.5) is 8.78 Å². The van der Waals surface area contributed by atoms with Gasteiger partial charge in [0.05, 0.1) is 0 Å². The van der Waals surface area contributed by atoms with Crippen molar-refractivity contribution in [1.82, 2.24) is 0 Å². The van der Waals surface area contributed by atoms with Crippen molar-refractivity contribution >= 4 is 45.7 Å². The van der Waals surface area contributed by atoms with Gasteiger partial charge in [-0.2, -0.15) is 0 Å². The summed E-state index contributed by atoms with van der Waals surface area (Å²) in [5.41, 5.74) is 11.3. The number of hydrogen-bond donors (Lipinski definition) is 0. The van der Waals surface area contributed by atoms with Gasteiger partial charge >= 0.3 is 0 Å². The summed E-state index contributed by atoms with van der Waals surface area (Å²) in [4.78, 5) is 0. The van der Waals surface area contributed by atoms with E-state index in [1.807, 2.05) is 93.5 Å². The van der Waals surface area contributed by atoms with Gasteiger partial charge in [0.1, 0.15) is 12.5 Å². The molecule has 7 rings (SSSR count). The number of benzene rings is 4. The molecule has 3 heteroatoms. The summed E-state index contributed by atoms with van der Waals surface area (Å²) in [6.45, 7) is 30.2. The van der Waals surface area contributed by atoms with Gasteiger partial charge in [0.2, 0.25) is 0 Å². The van der Waals surface area contributed by atoms with Crippen LogP contribution in [0, 0.1) is 0 Å². The summed E-state index contributed by atoms with van der Waals surface area (Å²) in [5.74, 6) is 0.0121. The Bertz CT molecular complexity index is 2350. The van der Waals surface area contributed by atoms with Crippen molar-refractivity contribution in [3.8, 4) is 11.1 Å². The van der Waals surface area contributed by atoms with E-state index in [2.05, 4.69) is 136 Å². The number of hydrogen-bond acceptors (Lipinski definition) is 0. The van der Waals surface area contributed by atoms with Crippen LogP contribution in [0.25, 0.3) is 33.0 Å². The van der Waals surface area contributed by atoms with Crippen LogP contribution in [0.1, 0.15) is 119 Å². The smallest absolute Gasteiger partial charge is 0.108 e. The molecular weight excluding hydrogens is 802 g/mol. The summed E-state index contributed by atoms with van der Waals surface area (Å²) in [6.07, 6.45) is 29.6. The zero-order chi connectivity index (χ0) is 48.1. The Morgan fingerprint density at radius 3 is 1.83 bits per heavy atom. The fraction of sp³-hybridized carbons (Fsp3) is 0.295. The van der Waals surface area contributed by atoms with Gasteiger partial charge in [-0.15, -0.1) is 0 Å². The molecule has 0 aliphatic heterocycles. The first-order chi connectivity index (χ1) is 31.2. The fourth-order valence-electron chi connectivity index (χ4n) is 7.50. The lowest BCUT2D eigenvalue weighted by atomic mass is 9.83. The minimum absolute atomic E-state index is 0.0121. The maximum atomic E-state index is 15.6. The maximum Gasteiger partial charge on any atom is 0.108 e. The van der Waals surface area contributed by atoms with Gasteiger partial charge in [-0.3, -0.25) is 0 Å². The molecule has 0 saturated heterocycles. The first kappa shape index (κ1) is 56.7. The monoisotopic (exact) mass is 881 g/mol. The molecule has 3 aliphatic carbocycles. The van der Waals surface area contributed by atoms with E-state index in [-0.39, 0.29) is 12.5 Å². The predicted molar refractivity (Wildman–Crippen MR) is 294 cm³/mol. The van der Waals surface area contributed by atoms with Gasteiger partial charge in [-0.05, 0) is 125 Å². The van der Waals surface area contributed by atoms with E-state index in [1.54, 1.807) is 18.2 Å². The van der Waals surface area contributed by atoms with Gasteiger partial charge in [-0.25, -0.2) is 8.78 Å². The number of halogens is 2. The van der Waals surface area contributed by atoms with Crippen LogP contribution in [0.5, 0.6) is 0 Å². The molecule has 0 aromatic heterocycles. The second kappa shape index (κ2) is 31.5. The lowest BCUT2D eigenvalue weighted by molar-refractivity contribution is 0.562. The molecule has 0 fully saturated rings. The summed E-state index contributed by atoms with van der Waals surface area (Å²) >= 11 is 0. The highest BCUT2D eigenvalue weighted by molar-refractivity contribution is 7.86. The largest absolute Gasteiger partial charge is 0.247 e. The summed E-state index contributed by atoms with van der Waals surface area (Å²) in [6, 6.07) is 30.9. The molecule has 0 radical (unpaired) electrons. The third-order valence-corrected chi connectivity index (χ3v) is 13.3. The minimum Gasteiger partial charge on any atom is -0.247 e. The molecular formula is C61H79F2P. The highest BCUT2D eigenvalue weighted by atomic mass is 31.2. The standard InChI is InChI=1S/C42H38FP.C6H9F.C5H8.4C2H6/c1-28-14-7-5-10-18-36(34-17-11-12-21-39(34)43)42-37-20-13-19-35-33(26-27-38(41(35)37)40(42)29(28)2)30-22-24-32(25-23-30)44(3,4)31-15-8-6-9-16-31;1-2-3-4-5-6-7;1-3-5-4-2;4*1-2/h6-9,11,13-17,19-20,22-27H,1,3,5,10,12,18,21H2,2,4H3;2-5H,6H2,1H3;3-5H,1H2,2H3;4*1-2H3/b14-7-,40-29-,42-36+;3-2-,5-4-;5-4-;;;;. The van der Waals surface area contributed by atoms with Gasteiger partial charge in [-0.1, -0.05) is 233 Å².